The summed E-state index contributed by atoms with van der Waals surface area (Å²) in [6.45, 7) is 4.62. The Labute approximate surface area is 115 Å². The zero-order valence-corrected chi connectivity index (χ0v) is 11.9. The summed E-state index contributed by atoms with van der Waals surface area (Å²) >= 11 is 0. The van der Waals surface area contributed by atoms with Crippen LogP contribution in [0.25, 0.3) is 0 Å². The van der Waals surface area contributed by atoms with E-state index in [4.69, 9.17) is 0 Å². The molecule has 1 aliphatic rings. The van der Waals surface area contributed by atoms with E-state index >= 15 is 0 Å². The van der Waals surface area contributed by atoms with Crippen molar-refractivity contribution in [2.45, 2.75) is 45.6 Å². The Morgan fingerprint density at radius 1 is 1.26 bits per heavy atom. The molecule has 0 radical (unpaired) electrons. The molecular formula is C16H24N2O. The second-order valence-electron chi connectivity index (χ2n) is 5.63. The molecule has 0 unspecified atom stereocenters. The van der Waals surface area contributed by atoms with Gasteiger partial charge in [-0.1, -0.05) is 30.5 Å². The number of benzene rings is 1. The van der Waals surface area contributed by atoms with Crippen molar-refractivity contribution < 1.29 is 4.79 Å². The van der Waals surface area contributed by atoms with Crippen LogP contribution >= 0.6 is 0 Å². The summed E-state index contributed by atoms with van der Waals surface area (Å²) in [6, 6.07) is 8.32. The van der Waals surface area contributed by atoms with Crippen LogP contribution in [-0.2, 0) is 4.79 Å². The van der Waals surface area contributed by atoms with Crippen molar-refractivity contribution in [3.8, 4) is 0 Å². The molecule has 1 aliphatic carbocycles. The predicted octanol–water partition coefficient (Wildman–Crippen LogP) is 3.10. The molecular weight excluding hydrogens is 236 g/mol. The molecule has 19 heavy (non-hydrogen) atoms. The topological polar surface area (TPSA) is 41.1 Å². The number of anilines is 1. The van der Waals surface area contributed by atoms with Crippen LogP contribution in [0.5, 0.6) is 0 Å². The number of hydrogen-bond acceptors (Lipinski definition) is 2. The van der Waals surface area contributed by atoms with Gasteiger partial charge in [0.1, 0.15) is 0 Å². The normalized spacial score (nSPS) is 17.4. The minimum atomic E-state index is 0.0358. The minimum absolute atomic E-state index is 0.0358. The van der Waals surface area contributed by atoms with Gasteiger partial charge in [0.15, 0.2) is 0 Å². The summed E-state index contributed by atoms with van der Waals surface area (Å²) in [6.07, 6.45) is 5.28. The molecule has 0 spiro atoms. The molecule has 1 fully saturated rings. The highest BCUT2D eigenvalue weighted by Crippen LogP contribution is 2.27. The number of carbonyl (C=O) groups is 1. The molecule has 1 aromatic rings. The number of amides is 1. The Balaban J connectivity index is 1.73. The largest absolute Gasteiger partial charge is 0.325 e. The van der Waals surface area contributed by atoms with Gasteiger partial charge in [-0.2, -0.15) is 0 Å². The lowest BCUT2D eigenvalue weighted by molar-refractivity contribution is -0.115. The summed E-state index contributed by atoms with van der Waals surface area (Å²) in [5.41, 5.74) is 2.07. The van der Waals surface area contributed by atoms with E-state index in [1.807, 2.05) is 31.2 Å². The third kappa shape index (κ3) is 4.35. The number of rotatable bonds is 5. The Hall–Kier alpha value is -1.35. The molecule has 0 heterocycles. The van der Waals surface area contributed by atoms with Crippen LogP contribution in [-0.4, -0.2) is 18.5 Å². The van der Waals surface area contributed by atoms with Gasteiger partial charge < -0.3 is 10.6 Å². The summed E-state index contributed by atoms with van der Waals surface area (Å²) in [4.78, 5) is 11.8. The number of aryl methyl sites for hydroxylation is 1. The van der Waals surface area contributed by atoms with E-state index in [9.17, 15) is 4.79 Å². The first-order valence-corrected chi connectivity index (χ1v) is 7.25. The van der Waals surface area contributed by atoms with E-state index in [1.165, 1.54) is 31.2 Å². The lowest BCUT2D eigenvalue weighted by Crippen LogP contribution is -2.38. The van der Waals surface area contributed by atoms with E-state index in [0.717, 1.165) is 11.6 Å². The van der Waals surface area contributed by atoms with Gasteiger partial charge in [0.25, 0.3) is 0 Å². The predicted molar refractivity (Wildman–Crippen MR) is 79.2 cm³/mol. The van der Waals surface area contributed by atoms with Gasteiger partial charge in [0, 0.05) is 11.7 Å². The van der Waals surface area contributed by atoms with Gasteiger partial charge in [-0.05, 0) is 44.7 Å². The van der Waals surface area contributed by atoms with Crippen molar-refractivity contribution in [1.82, 2.24) is 5.32 Å². The number of hydrogen-bond donors (Lipinski definition) is 2. The summed E-state index contributed by atoms with van der Waals surface area (Å²) in [5, 5.41) is 6.26. The van der Waals surface area contributed by atoms with Crippen molar-refractivity contribution in [2.24, 2.45) is 5.92 Å². The highest BCUT2D eigenvalue weighted by atomic mass is 16.1. The van der Waals surface area contributed by atoms with Crippen LogP contribution in [0, 0.1) is 12.8 Å². The standard InChI is InChI=1S/C16H24N2O/c1-12-7-9-15(10-8-12)18-16(19)11-17-13(2)14-5-3-4-6-14/h7-10,13-14,17H,3-6,11H2,1-2H3,(H,18,19)/t13-/m1/s1. The van der Waals surface area contributed by atoms with Crippen molar-refractivity contribution in [3.05, 3.63) is 29.8 Å². The van der Waals surface area contributed by atoms with Gasteiger partial charge in [-0.3, -0.25) is 4.79 Å². The molecule has 1 aromatic carbocycles. The quantitative estimate of drug-likeness (QED) is 0.854. The Morgan fingerprint density at radius 2 is 1.89 bits per heavy atom. The van der Waals surface area contributed by atoms with Crippen molar-refractivity contribution in [3.63, 3.8) is 0 Å². The third-order valence-corrected chi connectivity index (χ3v) is 4.03. The maximum atomic E-state index is 11.8. The Kier molecular flexibility index (Phi) is 4.97. The maximum absolute atomic E-state index is 11.8. The van der Waals surface area contributed by atoms with Gasteiger partial charge in [0.05, 0.1) is 6.54 Å². The molecule has 0 bridgehead atoms. The molecule has 1 saturated carbocycles. The highest BCUT2D eigenvalue weighted by Gasteiger charge is 2.21. The summed E-state index contributed by atoms with van der Waals surface area (Å²) in [5.74, 6) is 0.779. The van der Waals surface area contributed by atoms with Crippen molar-refractivity contribution >= 4 is 11.6 Å². The fourth-order valence-electron chi connectivity index (χ4n) is 2.72. The van der Waals surface area contributed by atoms with E-state index < -0.39 is 0 Å². The molecule has 1 amide bonds. The van der Waals surface area contributed by atoms with Crippen LogP contribution in [0.15, 0.2) is 24.3 Å². The number of carbonyl (C=O) groups excluding carboxylic acids is 1. The van der Waals surface area contributed by atoms with Crippen molar-refractivity contribution in [2.75, 3.05) is 11.9 Å². The first-order chi connectivity index (χ1) is 9.15. The molecule has 3 heteroatoms. The second-order valence-corrected chi connectivity index (χ2v) is 5.63. The van der Waals surface area contributed by atoms with Crippen LogP contribution in [0.4, 0.5) is 5.69 Å². The van der Waals surface area contributed by atoms with Gasteiger partial charge in [0.2, 0.25) is 5.91 Å². The molecule has 3 nitrogen and oxygen atoms in total. The van der Waals surface area contributed by atoms with Gasteiger partial charge in [-0.25, -0.2) is 0 Å². The fraction of sp³-hybridized carbons (Fsp3) is 0.562. The van der Waals surface area contributed by atoms with E-state index in [-0.39, 0.29) is 5.91 Å². The van der Waals surface area contributed by atoms with E-state index in [0.29, 0.717) is 12.6 Å². The number of nitrogens with one attached hydrogen (secondary N) is 2. The van der Waals surface area contributed by atoms with Gasteiger partial charge >= 0.3 is 0 Å². The molecule has 2 N–H and O–H groups in total. The molecule has 0 saturated heterocycles. The van der Waals surface area contributed by atoms with Gasteiger partial charge in [-0.15, -0.1) is 0 Å². The van der Waals surface area contributed by atoms with Crippen LogP contribution in [0.2, 0.25) is 0 Å². The lowest BCUT2D eigenvalue weighted by atomic mass is 10.00. The van der Waals surface area contributed by atoms with Crippen LogP contribution in [0.1, 0.15) is 38.2 Å². The molecule has 0 aromatic heterocycles. The lowest BCUT2D eigenvalue weighted by Gasteiger charge is -2.20. The summed E-state index contributed by atoms with van der Waals surface area (Å²) < 4.78 is 0. The van der Waals surface area contributed by atoms with E-state index in [2.05, 4.69) is 17.6 Å². The highest BCUT2D eigenvalue weighted by molar-refractivity contribution is 5.92. The first-order valence-electron chi connectivity index (χ1n) is 7.25. The third-order valence-electron chi connectivity index (χ3n) is 4.03. The van der Waals surface area contributed by atoms with Crippen LogP contribution < -0.4 is 10.6 Å². The zero-order chi connectivity index (χ0) is 13.7. The van der Waals surface area contributed by atoms with Crippen LogP contribution in [0.3, 0.4) is 0 Å². The Bertz CT molecular complexity index is 407. The smallest absolute Gasteiger partial charge is 0.238 e. The monoisotopic (exact) mass is 260 g/mol. The fourth-order valence-corrected chi connectivity index (χ4v) is 2.72. The second kappa shape index (κ2) is 6.71. The molecule has 2 rings (SSSR count). The zero-order valence-electron chi connectivity index (χ0n) is 11.9. The first kappa shape index (κ1) is 14.1. The average Bonchev–Trinajstić information content (AvgIpc) is 2.93. The average molecular weight is 260 g/mol. The molecule has 1 atom stereocenters. The molecule has 104 valence electrons. The SMILES string of the molecule is Cc1ccc(NC(=O)CN[C@H](C)C2CCCC2)cc1. The van der Waals surface area contributed by atoms with Crippen molar-refractivity contribution in [1.29, 1.82) is 0 Å². The molecule has 0 aliphatic heterocycles. The maximum Gasteiger partial charge on any atom is 0.238 e. The Morgan fingerprint density at radius 3 is 2.53 bits per heavy atom. The van der Waals surface area contributed by atoms with E-state index in [1.54, 1.807) is 0 Å². The summed E-state index contributed by atoms with van der Waals surface area (Å²) in [7, 11) is 0. The minimum Gasteiger partial charge on any atom is -0.325 e.